The SMILES string of the molecule is CN(C)CCNC(=O)c1cccc2c(N)c3cccc(N)c3nc12. The Morgan fingerprint density at radius 2 is 1.75 bits per heavy atom. The van der Waals surface area contributed by atoms with Crippen LogP contribution in [-0.2, 0) is 0 Å². The number of aromatic nitrogens is 1. The fourth-order valence-corrected chi connectivity index (χ4v) is 2.71. The van der Waals surface area contributed by atoms with Gasteiger partial charge in [0.2, 0.25) is 0 Å². The largest absolute Gasteiger partial charge is 0.398 e. The average Bonchev–Trinajstić information content (AvgIpc) is 2.55. The first-order chi connectivity index (χ1) is 11.5. The van der Waals surface area contributed by atoms with Gasteiger partial charge in [0.25, 0.3) is 5.91 Å². The Labute approximate surface area is 140 Å². The number of anilines is 2. The van der Waals surface area contributed by atoms with E-state index in [1.54, 1.807) is 12.1 Å². The van der Waals surface area contributed by atoms with E-state index < -0.39 is 0 Å². The van der Waals surface area contributed by atoms with E-state index in [4.69, 9.17) is 11.5 Å². The molecule has 24 heavy (non-hydrogen) atoms. The van der Waals surface area contributed by atoms with Crippen molar-refractivity contribution in [3.8, 4) is 0 Å². The highest BCUT2D eigenvalue weighted by molar-refractivity contribution is 6.15. The molecule has 0 aliphatic rings. The van der Waals surface area contributed by atoms with Crippen molar-refractivity contribution in [2.75, 3.05) is 38.7 Å². The van der Waals surface area contributed by atoms with Crippen LogP contribution in [0, 0.1) is 0 Å². The number of benzene rings is 2. The molecule has 0 aliphatic carbocycles. The number of nitrogens with two attached hydrogens (primary N) is 2. The number of para-hydroxylation sites is 2. The number of hydrogen-bond donors (Lipinski definition) is 3. The fourth-order valence-electron chi connectivity index (χ4n) is 2.71. The van der Waals surface area contributed by atoms with Gasteiger partial charge in [-0.2, -0.15) is 0 Å². The zero-order chi connectivity index (χ0) is 17.3. The van der Waals surface area contributed by atoms with E-state index >= 15 is 0 Å². The monoisotopic (exact) mass is 323 g/mol. The summed E-state index contributed by atoms with van der Waals surface area (Å²) in [5.41, 5.74) is 15.2. The predicted molar refractivity (Wildman–Crippen MR) is 99.0 cm³/mol. The molecule has 0 atom stereocenters. The van der Waals surface area contributed by atoms with E-state index in [-0.39, 0.29) is 5.91 Å². The number of fused-ring (bicyclic) bond motifs is 2. The summed E-state index contributed by atoms with van der Waals surface area (Å²) in [5.74, 6) is -0.164. The summed E-state index contributed by atoms with van der Waals surface area (Å²) in [6, 6.07) is 11.0. The molecule has 3 rings (SSSR count). The first kappa shape index (κ1) is 16.0. The predicted octanol–water partition coefficient (Wildman–Crippen LogP) is 1.84. The first-order valence-electron chi connectivity index (χ1n) is 7.78. The standard InChI is InChI=1S/C18H21N5O/c1-23(2)10-9-21-18(24)13-7-3-5-11-15(20)12-6-4-8-14(19)17(12)22-16(11)13/h3-8H,9-10,19H2,1-2H3,(H2,20,22)(H,21,24). The number of hydrogen-bond acceptors (Lipinski definition) is 5. The molecule has 0 spiro atoms. The van der Waals surface area contributed by atoms with Gasteiger partial charge in [0.1, 0.15) is 0 Å². The van der Waals surface area contributed by atoms with Crippen LogP contribution < -0.4 is 16.8 Å². The Morgan fingerprint density at radius 1 is 1.08 bits per heavy atom. The van der Waals surface area contributed by atoms with Gasteiger partial charge in [-0.25, -0.2) is 4.98 Å². The van der Waals surface area contributed by atoms with E-state index in [2.05, 4.69) is 10.3 Å². The second kappa shape index (κ2) is 6.33. The molecule has 0 bridgehead atoms. The highest BCUT2D eigenvalue weighted by Crippen LogP contribution is 2.32. The second-order valence-electron chi connectivity index (χ2n) is 6.03. The van der Waals surface area contributed by atoms with Crippen LogP contribution in [0.5, 0.6) is 0 Å². The molecule has 0 saturated carbocycles. The summed E-state index contributed by atoms with van der Waals surface area (Å²) >= 11 is 0. The maximum atomic E-state index is 12.5. The molecule has 1 heterocycles. The van der Waals surface area contributed by atoms with Gasteiger partial charge in [0, 0.05) is 23.9 Å². The first-order valence-corrected chi connectivity index (χ1v) is 7.78. The third kappa shape index (κ3) is 2.83. The Morgan fingerprint density at radius 3 is 2.46 bits per heavy atom. The molecule has 6 nitrogen and oxygen atoms in total. The number of carbonyl (C=O) groups is 1. The Kier molecular flexibility index (Phi) is 4.22. The topological polar surface area (TPSA) is 97.3 Å². The summed E-state index contributed by atoms with van der Waals surface area (Å²) in [6.45, 7) is 1.33. The molecule has 0 saturated heterocycles. The van der Waals surface area contributed by atoms with E-state index in [1.165, 1.54) is 0 Å². The molecule has 5 N–H and O–H groups in total. The minimum absolute atomic E-state index is 0.164. The number of likely N-dealkylation sites (N-methyl/N-ethyl adjacent to an activating group) is 1. The number of nitrogens with one attached hydrogen (secondary N) is 1. The van der Waals surface area contributed by atoms with Crippen LogP contribution in [0.2, 0.25) is 0 Å². The number of pyridine rings is 1. The smallest absolute Gasteiger partial charge is 0.253 e. The maximum Gasteiger partial charge on any atom is 0.253 e. The van der Waals surface area contributed by atoms with Crippen molar-refractivity contribution in [2.45, 2.75) is 0 Å². The molecule has 0 radical (unpaired) electrons. The zero-order valence-corrected chi connectivity index (χ0v) is 13.8. The van der Waals surface area contributed by atoms with Crippen LogP contribution in [0.3, 0.4) is 0 Å². The van der Waals surface area contributed by atoms with E-state index in [0.717, 1.165) is 17.3 Å². The lowest BCUT2D eigenvalue weighted by Crippen LogP contribution is -2.31. The molecular weight excluding hydrogens is 302 g/mol. The number of nitrogens with zero attached hydrogens (tertiary/aromatic N) is 2. The quantitative estimate of drug-likeness (QED) is 0.503. The van der Waals surface area contributed by atoms with Gasteiger partial charge in [-0.15, -0.1) is 0 Å². The van der Waals surface area contributed by atoms with Crippen LogP contribution >= 0.6 is 0 Å². The molecule has 6 heteroatoms. The molecule has 3 aromatic rings. The molecular formula is C18H21N5O. The van der Waals surface area contributed by atoms with E-state index in [0.29, 0.717) is 34.5 Å². The molecule has 1 aromatic heterocycles. The number of carbonyl (C=O) groups excluding carboxylic acids is 1. The van der Waals surface area contributed by atoms with Crippen molar-refractivity contribution < 1.29 is 4.79 Å². The average molecular weight is 323 g/mol. The summed E-state index contributed by atoms with van der Waals surface area (Å²) in [6.07, 6.45) is 0. The lowest BCUT2D eigenvalue weighted by molar-refractivity contribution is 0.0952. The minimum Gasteiger partial charge on any atom is -0.398 e. The van der Waals surface area contributed by atoms with Crippen LogP contribution in [-0.4, -0.2) is 43.0 Å². The number of rotatable bonds is 4. The Hall–Kier alpha value is -2.86. The van der Waals surface area contributed by atoms with Crippen molar-refractivity contribution in [2.24, 2.45) is 0 Å². The Balaban J connectivity index is 2.11. The number of nitrogen functional groups attached to an aromatic ring is 2. The third-order valence-corrected chi connectivity index (χ3v) is 4.00. The molecule has 0 aliphatic heterocycles. The lowest BCUT2D eigenvalue weighted by Gasteiger charge is -2.13. The molecule has 2 aromatic carbocycles. The third-order valence-electron chi connectivity index (χ3n) is 4.00. The van der Waals surface area contributed by atoms with Gasteiger partial charge in [-0.1, -0.05) is 24.3 Å². The fraction of sp³-hybridized carbons (Fsp3) is 0.222. The van der Waals surface area contributed by atoms with Gasteiger partial charge in [-0.05, 0) is 26.2 Å². The lowest BCUT2D eigenvalue weighted by atomic mass is 10.0. The van der Waals surface area contributed by atoms with Crippen molar-refractivity contribution in [1.82, 2.24) is 15.2 Å². The van der Waals surface area contributed by atoms with Gasteiger partial charge in [0.05, 0.1) is 28.0 Å². The molecule has 0 fully saturated rings. The molecule has 1 amide bonds. The van der Waals surface area contributed by atoms with Gasteiger partial charge >= 0.3 is 0 Å². The van der Waals surface area contributed by atoms with Gasteiger partial charge in [-0.3, -0.25) is 4.79 Å². The highest BCUT2D eigenvalue weighted by atomic mass is 16.1. The summed E-state index contributed by atoms with van der Waals surface area (Å²) in [5, 5.41) is 4.47. The minimum atomic E-state index is -0.164. The van der Waals surface area contributed by atoms with Crippen molar-refractivity contribution in [3.63, 3.8) is 0 Å². The highest BCUT2D eigenvalue weighted by Gasteiger charge is 2.15. The Bertz CT molecular complexity index is 920. The van der Waals surface area contributed by atoms with Gasteiger partial charge < -0.3 is 21.7 Å². The normalized spacial score (nSPS) is 11.3. The molecule has 0 unspecified atom stereocenters. The number of amides is 1. The van der Waals surface area contributed by atoms with Crippen molar-refractivity contribution >= 4 is 39.1 Å². The van der Waals surface area contributed by atoms with Gasteiger partial charge in [0.15, 0.2) is 0 Å². The van der Waals surface area contributed by atoms with E-state index in [1.807, 2.05) is 43.3 Å². The molecule has 124 valence electrons. The van der Waals surface area contributed by atoms with Crippen molar-refractivity contribution in [1.29, 1.82) is 0 Å². The van der Waals surface area contributed by atoms with Crippen LogP contribution in [0.15, 0.2) is 36.4 Å². The summed E-state index contributed by atoms with van der Waals surface area (Å²) < 4.78 is 0. The summed E-state index contributed by atoms with van der Waals surface area (Å²) in [4.78, 5) is 19.2. The maximum absolute atomic E-state index is 12.5. The van der Waals surface area contributed by atoms with Crippen molar-refractivity contribution in [3.05, 3.63) is 42.0 Å². The van der Waals surface area contributed by atoms with Crippen LogP contribution in [0.1, 0.15) is 10.4 Å². The van der Waals surface area contributed by atoms with Crippen LogP contribution in [0.4, 0.5) is 11.4 Å². The van der Waals surface area contributed by atoms with E-state index in [9.17, 15) is 4.79 Å². The second-order valence-corrected chi connectivity index (χ2v) is 6.03. The summed E-state index contributed by atoms with van der Waals surface area (Å²) in [7, 11) is 3.92. The van der Waals surface area contributed by atoms with Crippen LogP contribution in [0.25, 0.3) is 21.8 Å². The zero-order valence-electron chi connectivity index (χ0n) is 13.8.